The second-order valence-electron chi connectivity index (χ2n) is 4.63. The number of nitrogens with one attached hydrogen (secondary N) is 1. The minimum atomic E-state index is 0.183. The smallest absolute Gasteiger partial charge is 0.252 e. The van der Waals surface area contributed by atoms with Crippen LogP contribution in [0.2, 0.25) is 0 Å². The average molecular weight is 298 g/mol. The Balaban J connectivity index is 2.05. The Hall–Kier alpha value is -2.81. The zero-order valence-corrected chi connectivity index (χ0v) is 12.7. The van der Waals surface area contributed by atoms with Gasteiger partial charge in [-0.15, -0.1) is 0 Å². The van der Waals surface area contributed by atoms with Crippen LogP contribution in [0.1, 0.15) is 36.9 Å². The quantitative estimate of drug-likeness (QED) is 0.480. The van der Waals surface area contributed by atoms with Crippen LogP contribution in [-0.4, -0.2) is 17.8 Å². The van der Waals surface area contributed by atoms with Gasteiger partial charge in [-0.05, 0) is 18.6 Å². The van der Waals surface area contributed by atoms with E-state index in [-0.39, 0.29) is 11.6 Å². The van der Waals surface area contributed by atoms with Crippen LogP contribution in [0.15, 0.2) is 33.8 Å². The second-order valence-corrected chi connectivity index (χ2v) is 4.63. The molecule has 1 aromatic carbocycles. The van der Waals surface area contributed by atoms with Crippen LogP contribution >= 0.6 is 0 Å². The molecular weight excluding hydrogens is 280 g/mol. The van der Waals surface area contributed by atoms with E-state index in [1.165, 1.54) is 0 Å². The van der Waals surface area contributed by atoms with E-state index in [2.05, 4.69) is 22.4 Å². The van der Waals surface area contributed by atoms with E-state index in [0.29, 0.717) is 12.5 Å². The van der Waals surface area contributed by atoms with Gasteiger partial charge in [-0.3, -0.25) is 0 Å². The highest BCUT2D eigenvalue weighted by molar-refractivity contribution is 5.83. The van der Waals surface area contributed by atoms with Gasteiger partial charge in [0.05, 0.1) is 12.8 Å². The monoisotopic (exact) mass is 298 g/mol. The van der Waals surface area contributed by atoms with E-state index in [4.69, 9.17) is 14.4 Å². The fourth-order valence-corrected chi connectivity index (χ4v) is 1.78. The van der Waals surface area contributed by atoms with E-state index in [1.807, 2.05) is 30.3 Å². The van der Waals surface area contributed by atoms with Gasteiger partial charge in [-0.1, -0.05) is 25.5 Å². The molecule has 2 aromatic rings. The predicted molar refractivity (Wildman–Crippen MR) is 84.0 cm³/mol. The third-order valence-corrected chi connectivity index (χ3v) is 2.88. The molecule has 0 spiro atoms. The van der Waals surface area contributed by atoms with Crippen molar-refractivity contribution in [3.63, 3.8) is 0 Å². The topological polar surface area (TPSA) is 83.4 Å². The summed E-state index contributed by atoms with van der Waals surface area (Å²) in [6.07, 6.45) is 3.71. The minimum absolute atomic E-state index is 0.183. The number of hydrazone groups is 1. The van der Waals surface area contributed by atoms with Crippen molar-refractivity contribution in [1.29, 1.82) is 5.26 Å². The number of hydrogen-bond acceptors (Lipinski definition) is 6. The summed E-state index contributed by atoms with van der Waals surface area (Å²) in [4.78, 5) is 3.93. The molecule has 0 radical (unpaired) electrons. The van der Waals surface area contributed by atoms with E-state index in [9.17, 15) is 0 Å². The number of aromatic nitrogens is 1. The summed E-state index contributed by atoms with van der Waals surface area (Å²) in [5, 5.41) is 13.0. The van der Waals surface area contributed by atoms with Gasteiger partial charge in [0.1, 0.15) is 11.8 Å². The van der Waals surface area contributed by atoms with E-state index >= 15 is 0 Å². The van der Waals surface area contributed by atoms with Crippen molar-refractivity contribution in [2.45, 2.75) is 26.7 Å². The highest BCUT2D eigenvalue weighted by Gasteiger charge is 2.09. The molecule has 6 nitrogen and oxygen atoms in total. The molecule has 1 aromatic heterocycles. The van der Waals surface area contributed by atoms with E-state index in [0.717, 1.165) is 24.2 Å². The third-order valence-electron chi connectivity index (χ3n) is 2.88. The molecule has 0 aliphatic rings. The second kappa shape index (κ2) is 7.84. The van der Waals surface area contributed by atoms with Gasteiger partial charge in [0, 0.05) is 12.5 Å². The zero-order chi connectivity index (χ0) is 15.8. The van der Waals surface area contributed by atoms with E-state index < -0.39 is 0 Å². The van der Waals surface area contributed by atoms with Gasteiger partial charge in [0.2, 0.25) is 5.69 Å². The highest BCUT2D eigenvalue weighted by atomic mass is 16.5. The number of para-hydroxylation sites is 1. The standard InChI is InChI=1S/C16H18N4O2/c1-3-4-9-21-15-8-6-5-7-13(15)11-18-20-16-14(10-17)19-12(2)22-16/h5-8,11,20H,3-4,9H2,1-2H3. The van der Waals surface area contributed by atoms with Crippen LogP contribution in [0, 0.1) is 18.3 Å². The Morgan fingerprint density at radius 3 is 3.05 bits per heavy atom. The van der Waals surface area contributed by atoms with Crippen LogP contribution in [0.25, 0.3) is 0 Å². The first kappa shape index (κ1) is 15.6. The van der Waals surface area contributed by atoms with E-state index in [1.54, 1.807) is 13.1 Å². The SMILES string of the molecule is CCCCOc1ccccc1C=NNc1oc(C)nc1C#N. The Morgan fingerprint density at radius 2 is 2.27 bits per heavy atom. The maximum absolute atomic E-state index is 8.93. The number of ether oxygens (including phenoxy) is 1. The molecule has 2 rings (SSSR count). The molecule has 0 fully saturated rings. The van der Waals surface area contributed by atoms with Gasteiger partial charge in [-0.2, -0.15) is 10.4 Å². The molecule has 0 unspecified atom stereocenters. The van der Waals surface area contributed by atoms with Gasteiger partial charge in [0.25, 0.3) is 5.88 Å². The molecule has 1 heterocycles. The van der Waals surface area contributed by atoms with Crippen LogP contribution in [0.5, 0.6) is 5.75 Å². The van der Waals surface area contributed by atoms with Crippen LogP contribution < -0.4 is 10.2 Å². The van der Waals surface area contributed by atoms with Crippen LogP contribution in [0.4, 0.5) is 5.88 Å². The molecule has 0 saturated carbocycles. The maximum atomic E-state index is 8.93. The summed E-state index contributed by atoms with van der Waals surface area (Å²) in [6, 6.07) is 9.58. The highest BCUT2D eigenvalue weighted by Crippen LogP contribution is 2.18. The molecule has 6 heteroatoms. The van der Waals surface area contributed by atoms with Crippen LogP contribution in [-0.2, 0) is 0 Å². The number of nitrogens with zero attached hydrogens (tertiary/aromatic N) is 3. The first-order valence-electron chi connectivity index (χ1n) is 7.13. The van der Waals surface area contributed by atoms with Gasteiger partial charge in [-0.25, -0.2) is 10.4 Å². The Morgan fingerprint density at radius 1 is 1.45 bits per heavy atom. The Kier molecular flexibility index (Phi) is 5.55. The number of oxazole rings is 1. The molecule has 0 aliphatic carbocycles. The number of hydrogen-bond donors (Lipinski definition) is 1. The molecule has 0 amide bonds. The number of benzene rings is 1. The lowest BCUT2D eigenvalue weighted by molar-refractivity contribution is 0.309. The fourth-order valence-electron chi connectivity index (χ4n) is 1.78. The van der Waals surface area contributed by atoms with Gasteiger partial charge < -0.3 is 9.15 Å². The fraction of sp³-hybridized carbons (Fsp3) is 0.312. The Labute approximate surface area is 129 Å². The zero-order valence-electron chi connectivity index (χ0n) is 12.7. The molecule has 0 saturated heterocycles. The van der Waals surface area contributed by atoms with Crippen molar-refractivity contribution < 1.29 is 9.15 Å². The summed E-state index contributed by atoms with van der Waals surface area (Å²) in [5.41, 5.74) is 3.72. The minimum Gasteiger partial charge on any atom is -0.493 e. The average Bonchev–Trinajstić information content (AvgIpc) is 2.89. The summed E-state index contributed by atoms with van der Waals surface area (Å²) >= 11 is 0. The molecule has 0 atom stereocenters. The molecule has 114 valence electrons. The predicted octanol–water partition coefficient (Wildman–Crippen LogP) is 3.48. The normalized spacial score (nSPS) is 10.6. The lowest BCUT2D eigenvalue weighted by atomic mass is 10.2. The number of anilines is 1. The molecular formula is C16H18N4O2. The molecule has 22 heavy (non-hydrogen) atoms. The summed E-state index contributed by atoms with van der Waals surface area (Å²) in [6.45, 7) is 4.47. The summed E-state index contributed by atoms with van der Waals surface area (Å²) < 4.78 is 11.0. The first-order valence-corrected chi connectivity index (χ1v) is 7.13. The lowest BCUT2D eigenvalue weighted by Gasteiger charge is -2.07. The number of nitriles is 1. The van der Waals surface area contributed by atoms with Crippen molar-refractivity contribution in [3.8, 4) is 11.8 Å². The molecule has 0 bridgehead atoms. The number of rotatable bonds is 7. The van der Waals surface area contributed by atoms with Gasteiger partial charge >= 0.3 is 0 Å². The van der Waals surface area contributed by atoms with Crippen molar-refractivity contribution in [3.05, 3.63) is 41.4 Å². The Bertz CT molecular complexity index is 686. The largest absolute Gasteiger partial charge is 0.493 e. The summed E-state index contributed by atoms with van der Waals surface area (Å²) in [7, 11) is 0. The molecule has 0 aliphatic heterocycles. The lowest BCUT2D eigenvalue weighted by Crippen LogP contribution is -2.00. The number of unbranched alkanes of at least 4 members (excludes halogenated alkanes) is 1. The van der Waals surface area contributed by atoms with Crippen molar-refractivity contribution in [1.82, 2.24) is 4.98 Å². The first-order chi connectivity index (χ1) is 10.7. The summed E-state index contributed by atoms with van der Waals surface area (Å²) in [5.74, 6) is 1.42. The number of aryl methyl sites for hydroxylation is 1. The van der Waals surface area contributed by atoms with Crippen molar-refractivity contribution in [2.75, 3.05) is 12.0 Å². The van der Waals surface area contributed by atoms with Crippen LogP contribution in [0.3, 0.4) is 0 Å². The maximum Gasteiger partial charge on any atom is 0.252 e. The van der Waals surface area contributed by atoms with Crippen molar-refractivity contribution >= 4 is 12.1 Å². The van der Waals surface area contributed by atoms with Gasteiger partial charge in [0.15, 0.2) is 5.89 Å². The third kappa shape index (κ3) is 4.09. The van der Waals surface area contributed by atoms with Crippen molar-refractivity contribution in [2.24, 2.45) is 5.10 Å². The molecule has 1 N–H and O–H groups in total.